The summed E-state index contributed by atoms with van der Waals surface area (Å²) in [6.07, 6.45) is 0. The molecule has 18 heavy (non-hydrogen) atoms. The summed E-state index contributed by atoms with van der Waals surface area (Å²) in [6, 6.07) is 15.2. The fraction of sp³-hybridized carbons (Fsp3) is 0.0667. The van der Waals surface area contributed by atoms with E-state index < -0.39 is 0 Å². The minimum atomic E-state index is -0.277. The normalized spacial score (nSPS) is 13.9. The molecule has 0 fully saturated rings. The number of carbonyl (C=O) groups is 2. The van der Waals surface area contributed by atoms with Crippen LogP contribution in [-0.4, -0.2) is 11.8 Å². The maximum atomic E-state index is 12.2. The van der Waals surface area contributed by atoms with Gasteiger partial charge in [0.2, 0.25) is 0 Å². The van der Waals surface area contributed by atoms with Crippen LogP contribution in [-0.2, 0) is 0 Å². The number of benzene rings is 2. The molecular weight excluding hydrogens is 226 g/mol. The molecule has 1 aliphatic heterocycles. The van der Waals surface area contributed by atoms with Gasteiger partial charge >= 0.3 is 0 Å². The Hall–Kier alpha value is -2.42. The molecule has 0 aromatic heterocycles. The predicted octanol–water partition coefficient (Wildman–Crippen LogP) is 2.60. The van der Waals surface area contributed by atoms with E-state index in [0.717, 1.165) is 5.56 Å². The molecule has 3 nitrogen and oxygen atoms in total. The Bertz CT molecular complexity index is 626. The van der Waals surface area contributed by atoms with Crippen LogP contribution in [0.25, 0.3) is 0 Å². The lowest BCUT2D eigenvalue weighted by atomic mass is 10.1. The Kier molecular flexibility index (Phi) is 2.27. The number of anilines is 1. The number of carbonyl (C=O) groups excluding carboxylic acids is 2. The minimum Gasteiger partial charge on any atom is -0.268 e. The summed E-state index contributed by atoms with van der Waals surface area (Å²) in [5.41, 5.74) is 2.30. The second-order valence-electron chi connectivity index (χ2n) is 4.19. The summed E-state index contributed by atoms with van der Waals surface area (Å²) in [4.78, 5) is 25.7. The van der Waals surface area contributed by atoms with Crippen LogP contribution in [0.3, 0.4) is 0 Å². The number of amides is 2. The molecule has 0 spiro atoms. The average Bonchev–Trinajstić information content (AvgIpc) is 2.64. The van der Waals surface area contributed by atoms with Crippen LogP contribution < -0.4 is 4.90 Å². The van der Waals surface area contributed by atoms with Crippen LogP contribution >= 0.6 is 0 Å². The van der Waals surface area contributed by atoms with E-state index in [1.807, 2.05) is 19.1 Å². The third kappa shape index (κ3) is 1.37. The number of aryl methyl sites for hydroxylation is 1. The van der Waals surface area contributed by atoms with Gasteiger partial charge in [-0.1, -0.05) is 30.3 Å². The molecule has 87 valence electrons. The third-order valence-electron chi connectivity index (χ3n) is 3.05. The van der Waals surface area contributed by atoms with E-state index in [4.69, 9.17) is 0 Å². The van der Waals surface area contributed by atoms with Gasteiger partial charge in [-0.05, 0) is 24.6 Å². The first-order valence-corrected chi connectivity index (χ1v) is 5.65. The predicted molar refractivity (Wildman–Crippen MR) is 67.6 cm³/mol. The van der Waals surface area contributed by atoms with Crippen LogP contribution in [0.1, 0.15) is 26.3 Å². The molecule has 0 saturated heterocycles. The van der Waals surface area contributed by atoms with Gasteiger partial charge in [0.1, 0.15) is 0 Å². The minimum absolute atomic E-state index is 0.277. The van der Waals surface area contributed by atoms with E-state index in [9.17, 15) is 9.59 Å². The Labute approximate surface area is 105 Å². The molecule has 1 radical (unpaired) electrons. The number of rotatable bonds is 1. The van der Waals surface area contributed by atoms with E-state index in [1.54, 1.807) is 30.3 Å². The largest absolute Gasteiger partial charge is 0.268 e. The van der Waals surface area contributed by atoms with Gasteiger partial charge in [-0.15, -0.1) is 0 Å². The van der Waals surface area contributed by atoms with Crippen LogP contribution in [0.15, 0.2) is 42.5 Å². The summed E-state index contributed by atoms with van der Waals surface area (Å²) in [6.45, 7) is 1.86. The highest BCUT2D eigenvalue weighted by molar-refractivity contribution is 6.34. The Morgan fingerprint density at radius 2 is 1.56 bits per heavy atom. The summed E-state index contributed by atoms with van der Waals surface area (Å²) >= 11 is 0. The van der Waals surface area contributed by atoms with Crippen LogP contribution in [0.5, 0.6) is 0 Å². The number of nitrogens with zero attached hydrogens (tertiary/aromatic N) is 1. The maximum absolute atomic E-state index is 12.2. The van der Waals surface area contributed by atoms with Gasteiger partial charge in [0.15, 0.2) is 0 Å². The van der Waals surface area contributed by atoms with E-state index >= 15 is 0 Å². The lowest BCUT2D eigenvalue weighted by molar-refractivity contribution is 0.0926. The molecule has 3 rings (SSSR count). The molecular formula is C15H10NO2. The highest BCUT2D eigenvalue weighted by atomic mass is 16.2. The molecule has 3 heteroatoms. The zero-order chi connectivity index (χ0) is 12.7. The van der Waals surface area contributed by atoms with Gasteiger partial charge in [-0.25, -0.2) is 4.90 Å². The molecule has 0 N–H and O–H groups in total. The van der Waals surface area contributed by atoms with Crippen molar-refractivity contribution in [1.29, 1.82) is 0 Å². The smallest absolute Gasteiger partial charge is 0.266 e. The van der Waals surface area contributed by atoms with Gasteiger partial charge in [-0.3, -0.25) is 9.59 Å². The van der Waals surface area contributed by atoms with Crippen molar-refractivity contribution in [2.75, 3.05) is 4.90 Å². The topological polar surface area (TPSA) is 37.4 Å². The highest BCUT2D eigenvalue weighted by Crippen LogP contribution is 2.29. The van der Waals surface area contributed by atoms with Crippen molar-refractivity contribution in [2.24, 2.45) is 0 Å². The first-order valence-electron chi connectivity index (χ1n) is 5.65. The van der Waals surface area contributed by atoms with E-state index in [1.165, 1.54) is 4.90 Å². The molecule has 0 saturated carbocycles. The van der Waals surface area contributed by atoms with Crippen molar-refractivity contribution in [3.05, 3.63) is 65.2 Å². The quantitative estimate of drug-likeness (QED) is 0.714. The number of hydrogen-bond acceptors (Lipinski definition) is 2. The lowest BCUT2D eigenvalue weighted by Gasteiger charge is -2.15. The van der Waals surface area contributed by atoms with Gasteiger partial charge in [0.05, 0.1) is 16.8 Å². The first-order chi connectivity index (χ1) is 8.70. The summed E-state index contributed by atoms with van der Waals surface area (Å²) in [5.74, 6) is -0.553. The Morgan fingerprint density at radius 1 is 0.944 bits per heavy atom. The summed E-state index contributed by atoms with van der Waals surface area (Å²) in [7, 11) is 0. The lowest BCUT2D eigenvalue weighted by Crippen LogP contribution is -2.30. The van der Waals surface area contributed by atoms with Crippen LogP contribution in [0.4, 0.5) is 5.69 Å². The van der Waals surface area contributed by atoms with Crippen molar-refractivity contribution in [1.82, 2.24) is 0 Å². The zero-order valence-corrected chi connectivity index (χ0v) is 9.81. The fourth-order valence-electron chi connectivity index (χ4n) is 2.15. The van der Waals surface area contributed by atoms with Crippen molar-refractivity contribution in [3.8, 4) is 0 Å². The van der Waals surface area contributed by atoms with Gasteiger partial charge in [-0.2, -0.15) is 0 Å². The molecule has 2 aromatic rings. The molecule has 0 atom stereocenters. The number of hydrogen-bond donors (Lipinski definition) is 0. The van der Waals surface area contributed by atoms with Crippen LogP contribution in [0.2, 0.25) is 0 Å². The Morgan fingerprint density at radius 3 is 2.11 bits per heavy atom. The maximum Gasteiger partial charge on any atom is 0.266 e. The van der Waals surface area contributed by atoms with E-state index in [0.29, 0.717) is 16.8 Å². The zero-order valence-electron chi connectivity index (χ0n) is 9.81. The van der Waals surface area contributed by atoms with Gasteiger partial charge in [0.25, 0.3) is 11.8 Å². The van der Waals surface area contributed by atoms with Gasteiger partial charge < -0.3 is 0 Å². The van der Waals surface area contributed by atoms with Crippen LogP contribution in [0, 0.1) is 13.0 Å². The van der Waals surface area contributed by atoms with Crippen molar-refractivity contribution in [2.45, 2.75) is 6.92 Å². The second kappa shape index (κ2) is 3.81. The second-order valence-corrected chi connectivity index (χ2v) is 4.19. The third-order valence-corrected chi connectivity index (χ3v) is 3.05. The molecule has 0 bridgehead atoms. The molecule has 0 unspecified atom stereocenters. The fourth-order valence-corrected chi connectivity index (χ4v) is 2.15. The van der Waals surface area contributed by atoms with E-state index in [-0.39, 0.29) is 11.8 Å². The molecule has 2 aromatic carbocycles. The summed E-state index contributed by atoms with van der Waals surface area (Å²) < 4.78 is 0. The van der Waals surface area contributed by atoms with Crippen molar-refractivity contribution < 1.29 is 9.59 Å². The highest BCUT2D eigenvalue weighted by Gasteiger charge is 2.36. The van der Waals surface area contributed by atoms with Crippen molar-refractivity contribution in [3.63, 3.8) is 0 Å². The number of fused-ring (bicyclic) bond motifs is 1. The Balaban J connectivity index is 2.16. The molecule has 1 aliphatic rings. The van der Waals surface area contributed by atoms with Crippen molar-refractivity contribution >= 4 is 17.5 Å². The summed E-state index contributed by atoms with van der Waals surface area (Å²) in [5, 5.41) is 0. The van der Waals surface area contributed by atoms with E-state index in [2.05, 4.69) is 6.07 Å². The van der Waals surface area contributed by atoms with Gasteiger partial charge in [0, 0.05) is 6.07 Å². The number of imide groups is 1. The number of para-hydroxylation sites is 1. The molecule has 0 aliphatic carbocycles. The average molecular weight is 236 g/mol. The standard InChI is InChI=1S/C15H10NO2/c1-10-6-2-5-9-13(10)16-14(17)11-7-3-4-8-12(11)15(16)18/h2-8H,1H3. The molecule has 1 heterocycles. The monoisotopic (exact) mass is 236 g/mol. The SMILES string of the molecule is Cc1ccc[c]c1N1C(=O)c2ccccc2C1=O. The molecule has 2 amide bonds. The first kappa shape index (κ1) is 10.7.